The number of rotatable bonds is 5. The van der Waals surface area contributed by atoms with E-state index >= 15 is 0 Å². The number of carbonyl (C=O) groups excluding carboxylic acids is 1. The number of sulfonamides is 1. The van der Waals surface area contributed by atoms with Crippen LogP contribution in [-0.2, 0) is 21.2 Å². The highest BCUT2D eigenvalue weighted by molar-refractivity contribution is 7.89. The van der Waals surface area contributed by atoms with Gasteiger partial charge in [-0.3, -0.25) is 4.79 Å². The molecular formula is C20H24N2O4S. The molecule has 1 aliphatic rings. The molecule has 0 aliphatic carbocycles. The molecule has 1 amide bonds. The second-order valence-electron chi connectivity index (χ2n) is 6.60. The fraction of sp³-hybridized carbons (Fsp3) is 0.350. The molecule has 0 radical (unpaired) electrons. The van der Waals surface area contributed by atoms with E-state index in [4.69, 9.17) is 4.74 Å². The maximum atomic E-state index is 13.0. The minimum atomic E-state index is -3.66. The van der Waals surface area contributed by atoms with Crippen molar-refractivity contribution in [1.29, 1.82) is 0 Å². The van der Waals surface area contributed by atoms with Crippen LogP contribution in [0.1, 0.15) is 11.1 Å². The summed E-state index contributed by atoms with van der Waals surface area (Å²) in [6.07, 6.45) is 0.333. The second kappa shape index (κ2) is 8.10. The molecule has 0 N–H and O–H groups in total. The number of ether oxygens (including phenoxy) is 1. The van der Waals surface area contributed by atoms with Crippen LogP contribution in [-0.4, -0.2) is 56.8 Å². The van der Waals surface area contributed by atoms with Gasteiger partial charge in [-0.15, -0.1) is 0 Å². The zero-order chi connectivity index (χ0) is 19.4. The van der Waals surface area contributed by atoms with Gasteiger partial charge in [0.25, 0.3) is 0 Å². The van der Waals surface area contributed by atoms with Crippen LogP contribution in [0, 0.1) is 6.92 Å². The van der Waals surface area contributed by atoms with Crippen molar-refractivity contribution < 1.29 is 17.9 Å². The van der Waals surface area contributed by atoms with Crippen molar-refractivity contribution >= 4 is 15.9 Å². The van der Waals surface area contributed by atoms with Crippen molar-refractivity contribution in [3.63, 3.8) is 0 Å². The van der Waals surface area contributed by atoms with Crippen molar-refractivity contribution in [1.82, 2.24) is 9.21 Å². The molecule has 6 nitrogen and oxygen atoms in total. The van der Waals surface area contributed by atoms with Crippen LogP contribution >= 0.6 is 0 Å². The number of methoxy groups -OCH3 is 1. The highest BCUT2D eigenvalue weighted by Crippen LogP contribution is 2.28. The number of aryl methyl sites for hydroxylation is 1. The molecule has 0 aromatic heterocycles. The standard InChI is InChI=1S/C20H24N2O4S/c1-16-8-9-18(26-2)19(14-16)27(24,25)22-12-10-21(11-13-22)20(23)15-17-6-4-3-5-7-17/h3-9,14H,10-13,15H2,1-2H3. The maximum absolute atomic E-state index is 13.0. The third-order valence-electron chi connectivity index (χ3n) is 4.73. The van der Waals surface area contributed by atoms with Gasteiger partial charge < -0.3 is 9.64 Å². The first kappa shape index (κ1) is 19.4. The third-order valence-corrected chi connectivity index (χ3v) is 6.65. The van der Waals surface area contributed by atoms with Gasteiger partial charge in [0.2, 0.25) is 15.9 Å². The van der Waals surface area contributed by atoms with Gasteiger partial charge in [0.15, 0.2) is 0 Å². The summed E-state index contributed by atoms with van der Waals surface area (Å²) < 4.78 is 32.7. The normalized spacial score (nSPS) is 15.6. The van der Waals surface area contributed by atoms with Crippen LogP contribution in [0.15, 0.2) is 53.4 Å². The minimum Gasteiger partial charge on any atom is -0.495 e. The summed E-state index contributed by atoms with van der Waals surface area (Å²) in [6, 6.07) is 14.7. The van der Waals surface area contributed by atoms with Crippen molar-refractivity contribution in [3.8, 4) is 5.75 Å². The van der Waals surface area contributed by atoms with Gasteiger partial charge in [-0.1, -0.05) is 36.4 Å². The van der Waals surface area contributed by atoms with E-state index in [1.807, 2.05) is 43.3 Å². The van der Waals surface area contributed by atoms with E-state index in [1.165, 1.54) is 11.4 Å². The van der Waals surface area contributed by atoms with Crippen molar-refractivity contribution in [2.75, 3.05) is 33.3 Å². The topological polar surface area (TPSA) is 66.9 Å². The summed E-state index contributed by atoms with van der Waals surface area (Å²) in [5, 5.41) is 0. The van der Waals surface area contributed by atoms with E-state index < -0.39 is 10.0 Å². The van der Waals surface area contributed by atoms with E-state index in [-0.39, 0.29) is 23.9 Å². The molecule has 0 saturated carbocycles. The van der Waals surface area contributed by atoms with Crippen LogP contribution in [0.25, 0.3) is 0 Å². The molecular weight excluding hydrogens is 364 g/mol. The van der Waals surface area contributed by atoms with E-state index in [0.717, 1.165) is 11.1 Å². The SMILES string of the molecule is COc1ccc(C)cc1S(=O)(=O)N1CCN(C(=O)Cc2ccccc2)CC1. The molecule has 2 aromatic rings. The highest BCUT2D eigenvalue weighted by atomic mass is 32.2. The van der Waals surface area contributed by atoms with Gasteiger partial charge in [-0.05, 0) is 30.2 Å². The van der Waals surface area contributed by atoms with Crippen LogP contribution in [0.5, 0.6) is 5.75 Å². The molecule has 0 bridgehead atoms. The molecule has 1 saturated heterocycles. The number of benzene rings is 2. The van der Waals surface area contributed by atoms with Gasteiger partial charge >= 0.3 is 0 Å². The van der Waals surface area contributed by atoms with E-state index in [0.29, 0.717) is 25.3 Å². The Morgan fingerprint density at radius 1 is 1.04 bits per heavy atom. The summed E-state index contributed by atoms with van der Waals surface area (Å²) >= 11 is 0. The second-order valence-corrected chi connectivity index (χ2v) is 8.51. The molecule has 1 aliphatic heterocycles. The van der Waals surface area contributed by atoms with Gasteiger partial charge in [-0.2, -0.15) is 4.31 Å². The Morgan fingerprint density at radius 2 is 1.70 bits per heavy atom. The Kier molecular flexibility index (Phi) is 5.82. The van der Waals surface area contributed by atoms with Gasteiger partial charge in [-0.25, -0.2) is 8.42 Å². The van der Waals surface area contributed by atoms with Crippen molar-refractivity contribution in [3.05, 3.63) is 59.7 Å². The van der Waals surface area contributed by atoms with Crippen LogP contribution in [0.3, 0.4) is 0 Å². The molecule has 0 atom stereocenters. The summed E-state index contributed by atoms with van der Waals surface area (Å²) in [5.74, 6) is 0.356. The first-order valence-corrected chi connectivity index (χ1v) is 10.3. The number of hydrogen-bond donors (Lipinski definition) is 0. The molecule has 0 unspecified atom stereocenters. The molecule has 27 heavy (non-hydrogen) atoms. The Labute approximate surface area is 160 Å². The fourth-order valence-corrected chi connectivity index (χ4v) is 4.85. The summed E-state index contributed by atoms with van der Waals surface area (Å²) in [5.41, 5.74) is 1.81. The number of hydrogen-bond acceptors (Lipinski definition) is 4. The Balaban J connectivity index is 1.68. The smallest absolute Gasteiger partial charge is 0.246 e. The average Bonchev–Trinajstić information content (AvgIpc) is 2.69. The van der Waals surface area contributed by atoms with E-state index in [9.17, 15) is 13.2 Å². The third kappa shape index (κ3) is 4.31. The minimum absolute atomic E-state index is 0.0198. The van der Waals surface area contributed by atoms with Crippen LogP contribution in [0.2, 0.25) is 0 Å². The largest absolute Gasteiger partial charge is 0.495 e. The number of amides is 1. The molecule has 1 heterocycles. The quantitative estimate of drug-likeness (QED) is 0.787. The summed E-state index contributed by atoms with van der Waals surface area (Å²) in [6.45, 7) is 3.18. The lowest BCUT2D eigenvalue weighted by Gasteiger charge is -2.34. The Bertz CT molecular complexity index is 905. The zero-order valence-electron chi connectivity index (χ0n) is 15.6. The average molecular weight is 388 g/mol. The molecule has 3 rings (SSSR count). The number of nitrogens with zero attached hydrogens (tertiary/aromatic N) is 2. The zero-order valence-corrected chi connectivity index (χ0v) is 16.4. The van der Waals surface area contributed by atoms with Gasteiger partial charge in [0, 0.05) is 26.2 Å². The maximum Gasteiger partial charge on any atom is 0.246 e. The lowest BCUT2D eigenvalue weighted by Crippen LogP contribution is -2.50. The lowest BCUT2D eigenvalue weighted by molar-refractivity contribution is -0.131. The first-order chi connectivity index (χ1) is 12.9. The predicted octanol–water partition coefficient (Wildman–Crippen LogP) is 2.08. The highest BCUT2D eigenvalue weighted by Gasteiger charge is 2.32. The van der Waals surface area contributed by atoms with Crippen molar-refractivity contribution in [2.45, 2.75) is 18.2 Å². The van der Waals surface area contributed by atoms with Crippen LogP contribution in [0.4, 0.5) is 0 Å². The molecule has 144 valence electrons. The van der Waals surface area contributed by atoms with Gasteiger partial charge in [0.05, 0.1) is 13.5 Å². The monoisotopic (exact) mass is 388 g/mol. The predicted molar refractivity (Wildman–Crippen MR) is 103 cm³/mol. The van der Waals surface area contributed by atoms with Gasteiger partial charge in [0.1, 0.15) is 10.6 Å². The molecule has 7 heteroatoms. The van der Waals surface area contributed by atoms with E-state index in [2.05, 4.69) is 0 Å². The first-order valence-electron chi connectivity index (χ1n) is 8.88. The fourth-order valence-electron chi connectivity index (χ4n) is 3.18. The molecule has 2 aromatic carbocycles. The summed E-state index contributed by atoms with van der Waals surface area (Å²) in [4.78, 5) is 14.4. The summed E-state index contributed by atoms with van der Waals surface area (Å²) in [7, 11) is -2.20. The lowest BCUT2D eigenvalue weighted by atomic mass is 10.1. The Morgan fingerprint density at radius 3 is 2.33 bits per heavy atom. The molecule has 1 fully saturated rings. The Hall–Kier alpha value is -2.38. The van der Waals surface area contributed by atoms with Crippen molar-refractivity contribution in [2.24, 2.45) is 0 Å². The van der Waals surface area contributed by atoms with E-state index in [1.54, 1.807) is 17.0 Å². The number of piperazine rings is 1. The van der Waals surface area contributed by atoms with Crippen LogP contribution < -0.4 is 4.74 Å². The number of carbonyl (C=O) groups is 1. The molecule has 0 spiro atoms.